The average Bonchev–Trinajstić information content (AvgIpc) is 2.44. The fourth-order valence-corrected chi connectivity index (χ4v) is 1.65. The van der Waals surface area contributed by atoms with Crippen LogP contribution in [0.3, 0.4) is 0 Å². The Morgan fingerprint density at radius 1 is 1.50 bits per heavy atom. The highest BCUT2D eigenvalue weighted by atomic mass is 16.5. The summed E-state index contributed by atoms with van der Waals surface area (Å²) < 4.78 is 10.8. The number of hydrogen-bond donors (Lipinski definition) is 2. The largest absolute Gasteiger partial charge is 0.497 e. The van der Waals surface area contributed by atoms with Gasteiger partial charge in [0.15, 0.2) is 6.10 Å². The minimum absolute atomic E-state index is 0.171. The van der Waals surface area contributed by atoms with Gasteiger partial charge in [-0.05, 0) is 19.9 Å². The highest BCUT2D eigenvalue weighted by molar-refractivity contribution is 5.81. The van der Waals surface area contributed by atoms with Gasteiger partial charge in [0.25, 0.3) is 5.91 Å². The Bertz CT molecular complexity index is 506. The third kappa shape index (κ3) is 4.18. The van der Waals surface area contributed by atoms with Gasteiger partial charge in [-0.1, -0.05) is 12.0 Å². The van der Waals surface area contributed by atoms with Crippen molar-refractivity contribution in [3.63, 3.8) is 0 Å². The average molecular weight is 276 g/mol. The second-order valence-electron chi connectivity index (χ2n) is 4.37. The molecule has 0 saturated carbocycles. The molecule has 0 fully saturated rings. The molecule has 3 N–H and O–H groups in total. The van der Waals surface area contributed by atoms with Gasteiger partial charge in [0.2, 0.25) is 0 Å². The van der Waals surface area contributed by atoms with E-state index >= 15 is 0 Å². The fourth-order valence-electron chi connectivity index (χ4n) is 1.65. The maximum Gasteiger partial charge on any atom is 0.261 e. The van der Waals surface area contributed by atoms with Crippen LogP contribution in [0.4, 0.5) is 0 Å². The maximum absolute atomic E-state index is 11.7. The van der Waals surface area contributed by atoms with Crippen molar-refractivity contribution in [2.75, 3.05) is 13.7 Å². The minimum Gasteiger partial charge on any atom is -0.497 e. The van der Waals surface area contributed by atoms with Crippen LogP contribution in [-0.2, 0) is 4.79 Å². The molecule has 0 saturated heterocycles. The van der Waals surface area contributed by atoms with Crippen LogP contribution in [0.25, 0.3) is 0 Å². The van der Waals surface area contributed by atoms with E-state index in [0.717, 1.165) is 5.56 Å². The number of amides is 1. The topological polar surface area (TPSA) is 73.6 Å². The van der Waals surface area contributed by atoms with Gasteiger partial charge >= 0.3 is 0 Å². The molecular weight excluding hydrogens is 256 g/mol. The van der Waals surface area contributed by atoms with E-state index in [0.29, 0.717) is 11.5 Å². The first-order valence-corrected chi connectivity index (χ1v) is 6.31. The number of terminal acetylenes is 1. The molecule has 5 heteroatoms. The van der Waals surface area contributed by atoms with Crippen LogP contribution in [0, 0.1) is 12.3 Å². The highest BCUT2D eigenvalue weighted by Crippen LogP contribution is 2.29. The normalized spacial score (nSPS) is 12.9. The number of benzene rings is 1. The van der Waals surface area contributed by atoms with E-state index in [1.807, 2.05) is 13.0 Å². The molecule has 0 aliphatic carbocycles. The summed E-state index contributed by atoms with van der Waals surface area (Å²) in [4.78, 5) is 11.7. The number of carbonyl (C=O) groups is 1. The summed E-state index contributed by atoms with van der Waals surface area (Å²) >= 11 is 0. The van der Waals surface area contributed by atoms with Crippen molar-refractivity contribution in [2.45, 2.75) is 26.0 Å². The number of nitrogens with one attached hydrogen (secondary N) is 1. The van der Waals surface area contributed by atoms with E-state index in [9.17, 15) is 4.79 Å². The Labute approximate surface area is 119 Å². The van der Waals surface area contributed by atoms with E-state index in [2.05, 4.69) is 11.2 Å². The molecule has 108 valence electrons. The summed E-state index contributed by atoms with van der Waals surface area (Å²) in [5.41, 5.74) is 6.70. The van der Waals surface area contributed by atoms with Crippen molar-refractivity contribution in [1.82, 2.24) is 5.32 Å². The molecule has 0 bridgehead atoms. The number of hydrogen-bond acceptors (Lipinski definition) is 4. The number of methoxy groups -OCH3 is 1. The summed E-state index contributed by atoms with van der Waals surface area (Å²) in [5.74, 6) is 3.23. The number of rotatable bonds is 6. The molecule has 5 nitrogen and oxygen atoms in total. The zero-order valence-electron chi connectivity index (χ0n) is 12.0. The molecule has 0 aromatic heterocycles. The third-order valence-corrected chi connectivity index (χ3v) is 2.75. The van der Waals surface area contributed by atoms with E-state index in [4.69, 9.17) is 21.6 Å². The first-order valence-electron chi connectivity index (χ1n) is 6.31. The third-order valence-electron chi connectivity index (χ3n) is 2.75. The van der Waals surface area contributed by atoms with Crippen LogP contribution in [0.5, 0.6) is 11.5 Å². The molecule has 1 aromatic carbocycles. The van der Waals surface area contributed by atoms with Gasteiger partial charge in [0, 0.05) is 17.7 Å². The lowest BCUT2D eigenvalue weighted by Crippen LogP contribution is -2.36. The van der Waals surface area contributed by atoms with Crippen LogP contribution in [-0.4, -0.2) is 25.7 Å². The van der Waals surface area contributed by atoms with Gasteiger partial charge in [-0.25, -0.2) is 0 Å². The van der Waals surface area contributed by atoms with Gasteiger partial charge in [0.05, 0.1) is 13.7 Å². The first kappa shape index (κ1) is 15.9. The Morgan fingerprint density at radius 2 is 2.20 bits per heavy atom. The van der Waals surface area contributed by atoms with Crippen molar-refractivity contribution in [3.8, 4) is 23.8 Å². The molecule has 0 spiro atoms. The molecule has 0 aliphatic heterocycles. The van der Waals surface area contributed by atoms with Crippen molar-refractivity contribution < 1.29 is 14.3 Å². The molecule has 1 amide bonds. The van der Waals surface area contributed by atoms with Crippen LogP contribution in [0.1, 0.15) is 25.5 Å². The van der Waals surface area contributed by atoms with Crippen molar-refractivity contribution in [3.05, 3.63) is 23.8 Å². The Hall–Kier alpha value is -2.19. The molecular formula is C15H20N2O3. The van der Waals surface area contributed by atoms with E-state index in [1.165, 1.54) is 0 Å². The lowest BCUT2D eigenvalue weighted by Gasteiger charge is -2.19. The van der Waals surface area contributed by atoms with Gasteiger partial charge in [0.1, 0.15) is 11.5 Å². The van der Waals surface area contributed by atoms with E-state index in [-0.39, 0.29) is 18.5 Å². The SMILES string of the molecule is C#CCNC(=O)C(C)Oc1cc(OC)ccc1C(C)N. The first-order chi connectivity index (χ1) is 9.49. The summed E-state index contributed by atoms with van der Waals surface area (Å²) in [6.45, 7) is 3.67. The minimum atomic E-state index is -0.673. The van der Waals surface area contributed by atoms with Crippen LogP contribution >= 0.6 is 0 Å². The van der Waals surface area contributed by atoms with Crippen molar-refractivity contribution in [2.24, 2.45) is 5.73 Å². The lowest BCUT2D eigenvalue weighted by atomic mass is 10.1. The number of ether oxygens (including phenoxy) is 2. The zero-order valence-corrected chi connectivity index (χ0v) is 12.0. The van der Waals surface area contributed by atoms with Gasteiger partial charge in [-0.3, -0.25) is 4.79 Å². The van der Waals surface area contributed by atoms with E-state index in [1.54, 1.807) is 26.2 Å². The highest BCUT2D eigenvalue weighted by Gasteiger charge is 2.17. The molecule has 1 aromatic rings. The number of nitrogens with two attached hydrogens (primary N) is 1. The predicted octanol–water partition coefficient (Wildman–Crippen LogP) is 1.23. The second-order valence-corrected chi connectivity index (χ2v) is 4.37. The smallest absolute Gasteiger partial charge is 0.261 e. The molecule has 2 atom stereocenters. The van der Waals surface area contributed by atoms with Crippen molar-refractivity contribution >= 4 is 5.91 Å². The fraction of sp³-hybridized carbons (Fsp3) is 0.400. The van der Waals surface area contributed by atoms with Crippen LogP contribution in [0.15, 0.2) is 18.2 Å². The lowest BCUT2D eigenvalue weighted by molar-refractivity contribution is -0.127. The Balaban J connectivity index is 2.89. The predicted molar refractivity (Wildman–Crippen MR) is 77.5 cm³/mol. The molecule has 2 unspecified atom stereocenters. The second kappa shape index (κ2) is 7.41. The molecule has 0 radical (unpaired) electrons. The quantitative estimate of drug-likeness (QED) is 0.766. The van der Waals surface area contributed by atoms with Gasteiger partial charge < -0.3 is 20.5 Å². The summed E-state index contributed by atoms with van der Waals surface area (Å²) in [6, 6.07) is 5.13. The summed E-state index contributed by atoms with van der Waals surface area (Å²) in [5, 5.41) is 2.57. The molecule has 0 heterocycles. The summed E-state index contributed by atoms with van der Waals surface area (Å²) in [7, 11) is 1.56. The monoisotopic (exact) mass is 276 g/mol. The molecule has 0 aliphatic rings. The van der Waals surface area contributed by atoms with Gasteiger partial charge in [-0.2, -0.15) is 0 Å². The van der Waals surface area contributed by atoms with Gasteiger partial charge in [-0.15, -0.1) is 6.42 Å². The van der Waals surface area contributed by atoms with E-state index < -0.39 is 6.10 Å². The Morgan fingerprint density at radius 3 is 2.75 bits per heavy atom. The van der Waals surface area contributed by atoms with Crippen LogP contribution < -0.4 is 20.5 Å². The molecule has 1 rings (SSSR count). The molecule has 20 heavy (non-hydrogen) atoms. The summed E-state index contributed by atoms with van der Waals surface area (Å²) in [6.07, 6.45) is 4.42. The Kier molecular flexibility index (Phi) is 5.88. The standard InChI is InChI=1S/C15H20N2O3/c1-5-8-17-15(18)11(3)20-14-9-12(19-4)6-7-13(14)10(2)16/h1,6-7,9-11H,8,16H2,2-4H3,(H,17,18). The van der Waals surface area contributed by atoms with Crippen LogP contribution in [0.2, 0.25) is 0 Å². The zero-order chi connectivity index (χ0) is 15.1. The van der Waals surface area contributed by atoms with Crippen molar-refractivity contribution in [1.29, 1.82) is 0 Å². The maximum atomic E-state index is 11.7. The number of carbonyl (C=O) groups excluding carboxylic acids is 1.